The number of ether oxygens (including phenoxy) is 2. The van der Waals surface area contributed by atoms with Gasteiger partial charge in [0.05, 0.1) is 25.4 Å². The fourth-order valence-corrected chi connectivity index (χ4v) is 2.77. The number of epoxide rings is 2. The fourth-order valence-electron chi connectivity index (χ4n) is 2.77. The molecule has 2 aliphatic heterocycles. The van der Waals surface area contributed by atoms with Gasteiger partial charge in [-0.05, 0) is 12.8 Å². The molecule has 2 heteroatoms. The summed E-state index contributed by atoms with van der Waals surface area (Å²) >= 11 is 0. The zero-order chi connectivity index (χ0) is 15.9. The lowest BCUT2D eigenvalue weighted by Gasteiger charge is -1.97. The molecule has 2 rings (SSSR count). The normalized spacial score (nSPS) is 22.1. The minimum atomic E-state index is 0.654. The molecule has 0 aromatic heterocycles. The molecule has 2 heterocycles. The summed E-state index contributed by atoms with van der Waals surface area (Å²) in [6.07, 6.45) is 20.8. The smallest absolute Gasteiger partial charge is 0.0810 e. The van der Waals surface area contributed by atoms with Gasteiger partial charge in [0.25, 0.3) is 0 Å². The monoisotopic (exact) mass is 312 g/mol. The Morgan fingerprint density at radius 1 is 0.545 bits per heavy atom. The fraction of sp³-hybridized carbons (Fsp3) is 1.00. The van der Waals surface area contributed by atoms with Crippen molar-refractivity contribution >= 4 is 0 Å². The molecule has 0 saturated carbocycles. The van der Waals surface area contributed by atoms with Crippen LogP contribution in [0.25, 0.3) is 0 Å². The molecule has 0 N–H and O–H groups in total. The van der Waals surface area contributed by atoms with Crippen LogP contribution in [-0.2, 0) is 9.47 Å². The summed E-state index contributed by atoms with van der Waals surface area (Å²) in [7, 11) is 0. The van der Waals surface area contributed by atoms with Crippen molar-refractivity contribution in [3.8, 4) is 0 Å². The second-order valence-electron chi connectivity index (χ2n) is 7.02. The molecular weight excluding hydrogens is 272 g/mol. The molecule has 0 spiro atoms. The van der Waals surface area contributed by atoms with E-state index in [0.29, 0.717) is 12.2 Å². The van der Waals surface area contributed by atoms with Crippen LogP contribution < -0.4 is 0 Å². The zero-order valence-electron chi connectivity index (χ0n) is 15.3. The molecule has 0 radical (unpaired) electrons. The molecule has 2 unspecified atom stereocenters. The highest BCUT2D eigenvalue weighted by Gasteiger charge is 2.21. The average Bonchev–Trinajstić information content (AvgIpc) is 3.41. The molecule has 0 aliphatic carbocycles. The Hall–Kier alpha value is -0.0800. The van der Waals surface area contributed by atoms with Crippen molar-refractivity contribution in [2.45, 2.75) is 116 Å². The largest absolute Gasteiger partial charge is 0.373 e. The van der Waals surface area contributed by atoms with E-state index >= 15 is 0 Å². The van der Waals surface area contributed by atoms with Crippen LogP contribution in [0, 0.1) is 0 Å². The van der Waals surface area contributed by atoms with Gasteiger partial charge in [0.1, 0.15) is 0 Å². The third-order valence-corrected chi connectivity index (χ3v) is 4.56. The topological polar surface area (TPSA) is 25.1 Å². The molecule has 132 valence electrons. The molecule has 22 heavy (non-hydrogen) atoms. The van der Waals surface area contributed by atoms with Crippen molar-refractivity contribution < 1.29 is 9.47 Å². The van der Waals surface area contributed by atoms with Crippen LogP contribution in [0.3, 0.4) is 0 Å². The van der Waals surface area contributed by atoms with Gasteiger partial charge in [-0.15, -0.1) is 0 Å². The first-order valence-electron chi connectivity index (χ1n) is 10.1. The van der Waals surface area contributed by atoms with Crippen molar-refractivity contribution in [2.24, 2.45) is 0 Å². The molecule has 2 fully saturated rings. The molecule has 0 aromatic carbocycles. The van der Waals surface area contributed by atoms with Gasteiger partial charge >= 0.3 is 0 Å². The van der Waals surface area contributed by atoms with E-state index in [2.05, 4.69) is 13.8 Å². The van der Waals surface area contributed by atoms with E-state index in [0.717, 1.165) is 13.2 Å². The number of hydrogen-bond acceptors (Lipinski definition) is 2. The summed E-state index contributed by atoms with van der Waals surface area (Å²) in [5, 5.41) is 0. The molecule has 2 nitrogen and oxygen atoms in total. The summed E-state index contributed by atoms with van der Waals surface area (Å²) in [6.45, 7) is 6.60. The number of rotatable bonds is 14. The Kier molecular flexibility index (Phi) is 13.2. The third-order valence-electron chi connectivity index (χ3n) is 4.56. The minimum absolute atomic E-state index is 0.654. The second kappa shape index (κ2) is 14.5. The van der Waals surface area contributed by atoms with Crippen LogP contribution >= 0.6 is 0 Å². The van der Waals surface area contributed by atoms with Crippen LogP contribution in [0.2, 0.25) is 0 Å². The van der Waals surface area contributed by atoms with Gasteiger partial charge < -0.3 is 9.47 Å². The van der Waals surface area contributed by atoms with Crippen molar-refractivity contribution in [2.75, 3.05) is 13.2 Å². The average molecular weight is 313 g/mol. The Bertz CT molecular complexity index is 198. The van der Waals surface area contributed by atoms with Crippen LogP contribution in [0.15, 0.2) is 0 Å². The highest BCUT2D eigenvalue weighted by Crippen LogP contribution is 2.18. The van der Waals surface area contributed by atoms with Gasteiger partial charge in [-0.3, -0.25) is 0 Å². The SMILES string of the molecule is CCCCCCCCC1CO1.CCCCCCCCC1CO1. The maximum atomic E-state index is 5.14. The third kappa shape index (κ3) is 14.8. The Morgan fingerprint density at radius 3 is 1.18 bits per heavy atom. The maximum Gasteiger partial charge on any atom is 0.0810 e. The highest BCUT2D eigenvalue weighted by molar-refractivity contribution is 4.68. The molecule has 0 aromatic rings. The van der Waals surface area contributed by atoms with E-state index in [4.69, 9.17) is 9.47 Å². The van der Waals surface area contributed by atoms with Gasteiger partial charge in [0.15, 0.2) is 0 Å². The summed E-state index contributed by atoms with van der Waals surface area (Å²) in [6, 6.07) is 0. The number of hydrogen-bond donors (Lipinski definition) is 0. The summed E-state index contributed by atoms with van der Waals surface area (Å²) in [5.41, 5.74) is 0. The lowest BCUT2D eigenvalue weighted by Crippen LogP contribution is -1.85. The lowest BCUT2D eigenvalue weighted by atomic mass is 10.1. The molecule has 2 atom stereocenters. The minimum Gasteiger partial charge on any atom is -0.373 e. The van der Waals surface area contributed by atoms with Crippen molar-refractivity contribution in [1.82, 2.24) is 0 Å². The van der Waals surface area contributed by atoms with E-state index in [1.54, 1.807) is 0 Å². The predicted octanol–water partition coefficient (Wildman–Crippen LogP) is 6.27. The molecule has 0 amide bonds. The summed E-state index contributed by atoms with van der Waals surface area (Å²) in [4.78, 5) is 0. The summed E-state index contributed by atoms with van der Waals surface area (Å²) < 4.78 is 10.3. The first kappa shape index (κ1) is 20.0. The Morgan fingerprint density at radius 2 is 0.864 bits per heavy atom. The summed E-state index contributed by atoms with van der Waals surface area (Å²) in [5.74, 6) is 0. The van der Waals surface area contributed by atoms with Crippen molar-refractivity contribution in [3.63, 3.8) is 0 Å². The standard InChI is InChI=1S/2C10H20O/c2*1-2-3-4-5-6-7-8-10-9-11-10/h2*10H,2-9H2,1H3. The van der Waals surface area contributed by atoms with E-state index in [9.17, 15) is 0 Å². The first-order chi connectivity index (χ1) is 10.9. The van der Waals surface area contributed by atoms with E-state index < -0.39 is 0 Å². The van der Waals surface area contributed by atoms with E-state index in [-0.39, 0.29) is 0 Å². The Labute approximate surface area is 139 Å². The molecule has 2 saturated heterocycles. The van der Waals surface area contributed by atoms with E-state index in [1.165, 1.54) is 89.9 Å². The van der Waals surface area contributed by atoms with Gasteiger partial charge in [0.2, 0.25) is 0 Å². The Balaban J connectivity index is 0.000000220. The quantitative estimate of drug-likeness (QED) is 0.279. The second-order valence-corrected chi connectivity index (χ2v) is 7.02. The zero-order valence-corrected chi connectivity index (χ0v) is 15.3. The lowest BCUT2D eigenvalue weighted by molar-refractivity contribution is 0.387. The molecule has 0 bridgehead atoms. The molecular formula is C20H40O2. The van der Waals surface area contributed by atoms with Gasteiger partial charge in [-0.25, -0.2) is 0 Å². The maximum absolute atomic E-state index is 5.14. The van der Waals surface area contributed by atoms with Gasteiger partial charge in [-0.1, -0.05) is 90.9 Å². The van der Waals surface area contributed by atoms with Crippen LogP contribution in [-0.4, -0.2) is 25.4 Å². The van der Waals surface area contributed by atoms with Gasteiger partial charge in [0, 0.05) is 0 Å². The van der Waals surface area contributed by atoms with Crippen LogP contribution in [0.4, 0.5) is 0 Å². The molecule has 2 aliphatic rings. The van der Waals surface area contributed by atoms with E-state index in [1.807, 2.05) is 0 Å². The van der Waals surface area contributed by atoms with Crippen molar-refractivity contribution in [1.29, 1.82) is 0 Å². The number of unbranched alkanes of at least 4 members (excludes halogenated alkanes) is 10. The highest BCUT2D eigenvalue weighted by atomic mass is 16.6. The first-order valence-corrected chi connectivity index (χ1v) is 10.1. The van der Waals surface area contributed by atoms with Crippen LogP contribution in [0.1, 0.15) is 104 Å². The van der Waals surface area contributed by atoms with Gasteiger partial charge in [-0.2, -0.15) is 0 Å². The van der Waals surface area contributed by atoms with Crippen molar-refractivity contribution in [3.05, 3.63) is 0 Å². The predicted molar refractivity (Wildman–Crippen MR) is 95.5 cm³/mol. The van der Waals surface area contributed by atoms with Crippen LogP contribution in [0.5, 0.6) is 0 Å².